The first-order valence-electron chi connectivity index (χ1n) is 10.5. The number of pyridine rings is 1. The molecule has 5 rings (SSSR count). The van der Waals surface area contributed by atoms with Crippen molar-refractivity contribution < 1.29 is 0 Å². The van der Waals surface area contributed by atoms with Gasteiger partial charge in [0.25, 0.3) is 0 Å². The number of nitrogens with zero attached hydrogens (tertiary/aromatic N) is 3. The molecule has 3 aromatic carbocycles. The van der Waals surface area contributed by atoms with E-state index >= 15 is 0 Å². The summed E-state index contributed by atoms with van der Waals surface area (Å²) in [4.78, 5) is 12.2. The first-order valence-corrected chi connectivity index (χ1v) is 12.3. The van der Waals surface area contributed by atoms with Crippen molar-refractivity contribution in [1.29, 1.82) is 0 Å². The lowest BCUT2D eigenvalue weighted by Gasteiger charge is -2.09. The van der Waals surface area contributed by atoms with E-state index in [-0.39, 0.29) is 0 Å². The molecule has 2 heterocycles. The molecular formula is C26H23N3S2. The number of aromatic nitrogens is 3. The number of unbranched alkanes of at least 4 members (excludes halogenated alkanes) is 1. The standard InChI is InChI=1S/C26H23N3S2/c1-3-11-20(12-4-1)30-18-10-9-17-29-19-27-24-25(29)22-15-7-8-16-23(22)28-26(24)31-21-13-5-2-6-14-21/h1-8,11-16,19H,9-10,17-18H2. The van der Waals surface area contributed by atoms with Crippen LogP contribution >= 0.6 is 23.5 Å². The van der Waals surface area contributed by atoms with Crippen molar-refractivity contribution in [3.8, 4) is 0 Å². The zero-order valence-electron chi connectivity index (χ0n) is 17.1. The highest BCUT2D eigenvalue weighted by Gasteiger charge is 2.14. The van der Waals surface area contributed by atoms with E-state index in [4.69, 9.17) is 9.97 Å². The second-order valence-corrected chi connectivity index (χ2v) is 9.58. The summed E-state index contributed by atoms with van der Waals surface area (Å²) < 4.78 is 2.31. The largest absolute Gasteiger partial charge is 0.330 e. The summed E-state index contributed by atoms with van der Waals surface area (Å²) in [6.45, 7) is 0.968. The zero-order valence-corrected chi connectivity index (χ0v) is 18.8. The van der Waals surface area contributed by atoms with Crippen LogP contribution in [0.3, 0.4) is 0 Å². The number of fused-ring (bicyclic) bond motifs is 3. The third kappa shape index (κ3) is 4.63. The average molecular weight is 442 g/mol. The molecule has 3 nitrogen and oxygen atoms in total. The maximum absolute atomic E-state index is 4.94. The van der Waals surface area contributed by atoms with Gasteiger partial charge < -0.3 is 4.57 Å². The number of imidazole rings is 1. The number of rotatable bonds is 8. The fourth-order valence-corrected chi connectivity index (χ4v) is 5.53. The third-order valence-electron chi connectivity index (χ3n) is 5.18. The van der Waals surface area contributed by atoms with Gasteiger partial charge in [0.1, 0.15) is 10.5 Å². The van der Waals surface area contributed by atoms with Crippen LogP contribution in [-0.4, -0.2) is 20.3 Å². The van der Waals surface area contributed by atoms with Crippen molar-refractivity contribution in [2.45, 2.75) is 34.2 Å². The molecule has 0 N–H and O–H groups in total. The van der Waals surface area contributed by atoms with Crippen molar-refractivity contribution in [3.63, 3.8) is 0 Å². The van der Waals surface area contributed by atoms with Crippen molar-refractivity contribution >= 4 is 45.5 Å². The third-order valence-corrected chi connectivity index (χ3v) is 7.27. The summed E-state index contributed by atoms with van der Waals surface area (Å²) in [6.07, 6.45) is 4.29. The number of hydrogen-bond donors (Lipinski definition) is 0. The van der Waals surface area contributed by atoms with Crippen molar-refractivity contribution in [3.05, 3.63) is 91.3 Å². The Balaban J connectivity index is 1.37. The Morgan fingerprint density at radius 2 is 1.45 bits per heavy atom. The van der Waals surface area contributed by atoms with Crippen molar-refractivity contribution in [2.24, 2.45) is 0 Å². The van der Waals surface area contributed by atoms with E-state index in [9.17, 15) is 0 Å². The van der Waals surface area contributed by atoms with Gasteiger partial charge in [-0.25, -0.2) is 9.97 Å². The summed E-state index contributed by atoms with van der Waals surface area (Å²) in [7, 11) is 0. The van der Waals surface area contributed by atoms with Crippen LogP contribution in [0.15, 0.2) is 106 Å². The van der Waals surface area contributed by atoms with Crippen LogP contribution in [0.2, 0.25) is 0 Å². The molecule has 0 saturated carbocycles. The number of thioether (sulfide) groups is 1. The molecule has 0 saturated heterocycles. The lowest BCUT2D eigenvalue weighted by molar-refractivity contribution is 0.650. The number of para-hydroxylation sites is 1. The van der Waals surface area contributed by atoms with Crippen LogP contribution in [0.4, 0.5) is 0 Å². The summed E-state index contributed by atoms with van der Waals surface area (Å²) in [5, 5.41) is 2.14. The molecule has 0 amide bonds. The van der Waals surface area contributed by atoms with E-state index in [0.29, 0.717) is 0 Å². The maximum Gasteiger partial charge on any atom is 0.129 e. The molecule has 0 bridgehead atoms. The Morgan fingerprint density at radius 1 is 0.742 bits per heavy atom. The molecule has 0 fully saturated rings. The normalized spacial score (nSPS) is 11.4. The fourth-order valence-electron chi connectivity index (χ4n) is 3.69. The highest BCUT2D eigenvalue weighted by molar-refractivity contribution is 7.99. The van der Waals surface area contributed by atoms with E-state index in [1.165, 1.54) is 27.1 Å². The molecule has 154 valence electrons. The first-order chi connectivity index (χ1) is 15.4. The minimum atomic E-state index is 0.968. The smallest absolute Gasteiger partial charge is 0.129 e. The van der Waals surface area contributed by atoms with E-state index in [1.807, 2.05) is 24.2 Å². The Kier molecular flexibility index (Phi) is 6.23. The van der Waals surface area contributed by atoms with Crippen LogP contribution in [0.5, 0.6) is 0 Å². The van der Waals surface area contributed by atoms with Crippen LogP contribution < -0.4 is 0 Å². The highest BCUT2D eigenvalue weighted by atomic mass is 32.2. The summed E-state index contributed by atoms with van der Waals surface area (Å²) in [5.74, 6) is 1.13. The Bertz CT molecular complexity index is 1280. The van der Waals surface area contributed by atoms with Crippen LogP contribution in [0, 0.1) is 0 Å². The number of hydrogen-bond acceptors (Lipinski definition) is 4. The highest BCUT2D eigenvalue weighted by Crippen LogP contribution is 2.35. The second-order valence-electron chi connectivity index (χ2n) is 7.35. The van der Waals surface area contributed by atoms with E-state index in [0.717, 1.165) is 34.8 Å². The molecule has 0 spiro atoms. The van der Waals surface area contributed by atoms with Gasteiger partial charge in [-0.05, 0) is 48.9 Å². The van der Waals surface area contributed by atoms with E-state index in [1.54, 1.807) is 11.8 Å². The predicted molar refractivity (Wildman–Crippen MR) is 132 cm³/mol. The van der Waals surface area contributed by atoms with Crippen molar-refractivity contribution in [2.75, 3.05) is 5.75 Å². The van der Waals surface area contributed by atoms with E-state index < -0.39 is 0 Å². The van der Waals surface area contributed by atoms with Crippen LogP contribution in [0.25, 0.3) is 21.9 Å². The topological polar surface area (TPSA) is 30.7 Å². The fraction of sp³-hybridized carbons (Fsp3) is 0.154. The van der Waals surface area contributed by atoms with Gasteiger partial charge in [-0.2, -0.15) is 0 Å². The van der Waals surface area contributed by atoms with E-state index in [2.05, 4.69) is 83.4 Å². The summed E-state index contributed by atoms with van der Waals surface area (Å²) >= 11 is 3.61. The van der Waals surface area contributed by atoms with Crippen molar-refractivity contribution in [1.82, 2.24) is 14.5 Å². The Morgan fingerprint density at radius 3 is 2.26 bits per heavy atom. The molecule has 5 heteroatoms. The molecule has 31 heavy (non-hydrogen) atoms. The maximum atomic E-state index is 4.94. The SMILES string of the molecule is c1ccc(SCCCCn2cnc3c(Sc4ccccc4)nc4ccccc4c32)cc1. The van der Waals surface area contributed by atoms with Gasteiger partial charge in [-0.1, -0.05) is 66.4 Å². The second kappa shape index (κ2) is 9.58. The minimum Gasteiger partial charge on any atom is -0.330 e. The molecule has 0 radical (unpaired) electrons. The van der Waals surface area contributed by atoms with Gasteiger partial charge in [0.15, 0.2) is 0 Å². The first kappa shape index (κ1) is 20.2. The van der Waals surface area contributed by atoms with Crippen LogP contribution in [-0.2, 0) is 6.54 Å². The summed E-state index contributed by atoms with van der Waals surface area (Å²) in [6, 6.07) is 29.4. The van der Waals surface area contributed by atoms with Gasteiger partial charge >= 0.3 is 0 Å². The van der Waals surface area contributed by atoms with Gasteiger partial charge in [0.2, 0.25) is 0 Å². The molecule has 0 aliphatic carbocycles. The van der Waals surface area contributed by atoms with Gasteiger partial charge in [0.05, 0.1) is 17.4 Å². The molecule has 0 aliphatic heterocycles. The van der Waals surface area contributed by atoms with Crippen LogP contribution in [0.1, 0.15) is 12.8 Å². The van der Waals surface area contributed by atoms with Gasteiger partial charge in [-0.15, -0.1) is 11.8 Å². The predicted octanol–water partition coefficient (Wildman–Crippen LogP) is 7.31. The quantitative estimate of drug-likeness (QED) is 0.187. The Labute approximate surface area is 190 Å². The molecule has 2 aromatic heterocycles. The summed E-state index contributed by atoms with van der Waals surface area (Å²) in [5.41, 5.74) is 3.21. The number of benzene rings is 3. The number of aryl methyl sites for hydroxylation is 1. The average Bonchev–Trinajstić information content (AvgIpc) is 3.25. The monoisotopic (exact) mass is 441 g/mol. The van der Waals surface area contributed by atoms with Gasteiger partial charge in [0, 0.05) is 21.7 Å². The lowest BCUT2D eigenvalue weighted by atomic mass is 10.2. The zero-order chi connectivity index (χ0) is 20.9. The molecule has 0 aliphatic rings. The molecule has 5 aromatic rings. The minimum absolute atomic E-state index is 0.968. The molecule has 0 unspecified atom stereocenters. The lowest BCUT2D eigenvalue weighted by Crippen LogP contribution is -1.98. The Hall–Kier alpha value is -2.76. The molecule has 0 atom stereocenters. The van der Waals surface area contributed by atoms with Gasteiger partial charge in [-0.3, -0.25) is 0 Å². The molecular weight excluding hydrogens is 418 g/mol.